The van der Waals surface area contributed by atoms with E-state index in [0.29, 0.717) is 36.9 Å². The van der Waals surface area contributed by atoms with Crippen molar-refractivity contribution in [3.8, 4) is 0 Å². The number of ether oxygens (including phenoxy) is 1. The number of unbranched alkanes of at least 4 members (excludes halogenated alkanes) is 2. The number of ketones is 2. The van der Waals surface area contributed by atoms with Gasteiger partial charge in [0.2, 0.25) is 23.6 Å². The third-order valence-electron chi connectivity index (χ3n) is 7.01. The second-order valence-corrected chi connectivity index (χ2v) is 11.6. The highest BCUT2D eigenvalue weighted by Crippen LogP contribution is 2.28. The predicted molar refractivity (Wildman–Crippen MR) is 160 cm³/mol. The van der Waals surface area contributed by atoms with E-state index < -0.39 is 34.8 Å². The van der Waals surface area contributed by atoms with Crippen molar-refractivity contribution >= 4 is 41.2 Å². The van der Waals surface area contributed by atoms with Gasteiger partial charge in [-0.05, 0) is 65.2 Å². The van der Waals surface area contributed by atoms with Crippen LogP contribution in [0.4, 0.5) is 0 Å². The lowest BCUT2D eigenvalue weighted by molar-refractivity contribution is -0.137. The number of esters is 1. The van der Waals surface area contributed by atoms with E-state index in [1.807, 2.05) is 0 Å². The Labute approximate surface area is 255 Å². The fourth-order valence-corrected chi connectivity index (χ4v) is 4.45. The van der Waals surface area contributed by atoms with Crippen LogP contribution in [0.2, 0.25) is 0 Å². The largest absolute Gasteiger partial charge is 0.462 e. The third kappa shape index (κ3) is 8.36. The van der Waals surface area contributed by atoms with Crippen LogP contribution in [-0.2, 0) is 23.9 Å². The zero-order valence-corrected chi connectivity index (χ0v) is 25.6. The first kappa shape index (κ1) is 33.6. The molecule has 0 bridgehead atoms. The summed E-state index contributed by atoms with van der Waals surface area (Å²) in [7, 11) is 0. The van der Waals surface area contributed by atoms with Crippen molar-refractivity contribution in [1.82, 2.24) is 21.3 Å². The number of carbonyl (C=O) groups excluding carboxylic acids is 7. The maximum Gasteiger partial charge on any atom is 0.338 e. The Balaban J connectivity index is 1.38. The molecule has 2 aromatic carbocycles. The second-order valence-electron chi connectivity index (χ2n) is 11.6. The molecule has 0 atom stereocenters. The molecule has 0 unspecified atom stereocenters. The normalized spacial score (nSPS) is 12.4. The molecule has 44 heavy (non-hydrogen) atoms. The SMILES string of the molecule is CC(=O)NCC(=O)NC(C)(C)C(=O)NC(C)(C)C(=O)NCCCCCOC(=O)c1ccc2c(c1)C(=O)c1ccccc1C2=O. The number of fused-ring (bicyclic) bond motifs is 2. The molecule has 0 aromatic heterocycles. The van der Waals surface area contributed by atoms with Crippen LogP contribution in [0.15, 0.2) is 42.5 Å². The second kappa shape index (κ2) is 14.1. The lowest BCUT2D eigenvalue weighted by Gasteiger charge is -2.31. The molecule has 1 aliphatic carbocycles. The summed E-state index contributed by atoms with van der Waals surface area (Å²) in [6, 6.07) is 10.9. The fourth-order valence-electron chi connectivity index (χ4n) is 4.45. The number of hydrogen-bond acceptors (Lipinski definition) is 8. The Bertz CT molecular complexity index is 1490. The van der Waals surface area contributed by atoms with Gasteiger partial charge in [-0.1, -0.05) is 24.3 Å². The molecule has 3 rings (SSSR count). The minimum atomic E-state index is -1.33. The van der Waals surface area contributed by atoms with Crippen LogP contribution in [0.1, 0.15) is 96.1 Å². The number of benzene rings is 2. The van der Waals surface area contributed by atoms with Crippen LogP contribution >= 0.6 is 0 Å². The summed E-state index contributed by atoms with van der Waals surface area (Å²) in [6.45, 7) is 7.50. The Kier molecular flexibility index (Phi) is 10.8. The monoisotopic (exact) mass is 606 g/mol. The van der Waals surface area contributed by atoms with Crippen LogP contribution in [0.5, 0.6) is 0 Å². The van der Waals surface area contributed by atoms with Gasteiger partial charge in [-0.2, -0.15) is 0 Å². The number of rotatable bonds is 13. The quantitative estimate of drug-likeness (QED) is 0.168. The standard InChI is InChI=1S/C32H38N4O8/c1-19(37)34-18-25(38)35-32(4,5)30(43)36-31(2,3)29(42)33-15-9-6-10-16-44-28(41)20-13-14-23-24(17-20)27(40)22-12-8-7-11-21(22)26(23)39/h7-8,11-14,17H,6,9-10,15-16,18H2,1-5H3,(H,33,42)(H,34,37)(H,35,38)(H,36,43). The van der Waals surface area contributed by atoms with E-state index in [9.17, 15) is 33.6 Å². The Hall–Kier alpha value is -4.87. The van der Waals surface area contributed by atoms with Crippen molar-refractivity contribution < 1.29 is 38.3 Å². The van der Waals surface area contributed by atoms with E-state index in [-0.39, 0.29) is 47.3 Å². The van der Waals surface area contributed by atoms with Gasteiger partial charge in [-0.25, -0.2) is 4.79 Å². The van der Waals surface area contributed by atoms with Gasteiger partial charge in [0.05, 0.1) is 18.7 Å². The summed E-state index contributed by atoms with van der Waals surface area (Å²) < 4.78 is 5.34. The van der Waals surface area contributed by atoms with Gasteiger partial charge in [0.25, 0.3) is 0 Å². The van der Waals surface area contributed by atoms with E-state index in [4.69, 9.17) is 4.74 Å². The zero-order valence-electron chi connectivity index (χ0n) is 25.6. The van der Waals surface area contributed by atoms with E-state index >= 15 is 0 Å². The molecule has 0 aliphatic heterocycles. The number of hydrogen-bond donors (Lipinski definition) is 4. The van der Waals surface area contributed by atoms with Gasteiger partial charge in [0, 0.05) is 35.7 Å². The van der Waals surface area contributed by atoms with E-state index in [2.05, 4.69) is 21.3 Å². The molecule has 0 fully saturated rings. The molecule has 0 saturated carbocycles. The van der Waals surface area contributed by atoms with Crippen molar-refractivity contribution in [3.05, 3.63) is 70.3 Å². The molecule has 0 spiro atoms. The van der Waals surface area contributed by atoms with Crippen LogP contribution in [-0.4, -0.2) is 71.9 Å². The van der Waals surface area contributed by atoms with Crippen LogP contribution in [0.3, 0.4) is 0 Å². The van der Waals surface area contributed by atoms with Gasteiger partial charge in [-0.15, -0.1) is 0 Å². The summed E-state index contributed by atoms with van der Waals surface area (Å²) in [6.07, 6.45) is 1.76. The first-order valence-electron chi connectivity index (χ1n) is 14.3. The molecule has 2 aromatic rings. The zero-order chi connectivity index (χ0) is 32.7. The Morgan fingerprint density at radius 3 is 1.93 bits per heavy atom. The predicted octanol–water partition coefficient (Wildman–Crippen LogP) is 1.83. The number of nitrogens with one attached hydrogen (secondary N) is 4. The molecular formula is C32H38N4O8. The van der Waals surface area contributed by atoms with Gasteiger partial charge >= 0.3 is 5.97 Å². The topological polar surface area (TPSA) is 177 Å². The summed E-state index contributed by atoms with van der Waals surface area (Å²) in [4.78, 5) is 86.7. The van der Waals surface area contributed by atoms with Gasteiger partial charge in [0.1, 0.15) is 11.1 Å². The van der Waals surface area contributed by atoms with E-state index in [1.165, 1.54) is 52.8 Å². The van der Waals surface area contributed by atoms with E-state index in [1.54, 1.807) is 24.3 Å². The molecule has 12 heteroatoms. The highest BCUT2D eigenvalue weighted by atomic mass is 16.5. The van der Waals surface area contributed by atoms with Gasteiger partial charge < -0.3 is 26.0 Å². The van der Waals surface area contributed by atoms with Crippen molar-refractivity contribution in [3.63, 3.8) is 0 Å². The Morgan fingerprint density at radius 1 is 0.705 bits per heavy atom. The van der Waals surface area contributed by atoms with E-state index in [0.717, 1.165) is 0 Å². The average molecular weight is 607 g/mol. The molecule has 0 heterocycles. The summed E-state index contributed by atoms with van der Waals surface area (Å²) >= 11 is 0. The number of amides is 4. The molecule has 1 aliphatic rings. The number of carbonyl (C=O) groups is 7. The molecular weight excluding hydrogens is 568 g/mol. The molecule has 234 valence electrons. The molecule has 4 amide bonds. The van der Waals surface area contributed by atoms with Gasteiger partial charge in [0.15, 0.2) is 11.6 Å². The highest BCUT2D eigenvalue weighted by molar-refractivity contribution is 6.28. The third-order valence-corrected chi connectivity index (χ3v) is 7.01. The maximum absolute atomic E-state index is 12.9. The molecule has 0 radical (unpaired) electrons. The van der Waals surface area contributed by atoms with Crippen LogP contribution < -0.4 is 21.3 Å². The highest BCUT2D eigenvalue weighted by Gasteiger charge is 2.36. The van der Waals surface area contributed by atoms with Gasteiger partial charge in [-0.3, -0.25) is 28.8 Å². The minimum Gasteiger partial charge on any atom is -0.462 e. The molecule has 4 N–H and O–H groups in total. The van der Waals surface area contributed by atoms with Crippen molar-refractivity contribution in [2.75, 3.05) is 19.7 Å². The van der Waals surface area contributed by atoms with Crippen molar-refractivity contribution in [1.29, 1.82) is 0 Å². The van der Waals surface area contributed by atoms with Crippen LogP contribution in [0.25, 0.3) is 0 Å². The summed E-state index contributed by atoms with van der Waals surface area (Å²) in [5.41, 5.74) is -1.35. The smallest absolute Gasteiger partial charge is 0.338 e. The Morgan fingerprint density at radius 2 is 1.30 bits per heavy atom. The average Bonchev–Trinajstić information content (AvgIpc) is 2.97. The summed E-state index contributed by atoms with van der Waals surface area (Å²) in [5.74, 6) is -3.10. The maximum atomic E-state index is 12.9. The fraction of sp³-hybridized carbons (Fsp3) is 0.406. The first-order valence-corrected chi connectivity index (χ1v) is 14.3. The lowest BCUT2D eigenvalue weighted by Crippen LogP contribution is -2.63. The van der Waals surface area contributed by atoms with Crippen LogP contribution in [0, 0.1) is 0 Å². The van der Waals surface area contributed by atoms with Crippen molar-refractivity contribution in [2.24, 2.45) is 0 Å². The first-order chi connectivity index (χ1) is 20.6. The molecule has 0 saturated heterocycles. The molecule has 12 nitrogen and oxygen atoms in total. The lowest BCUT2D eigenvalue weighted by atomic mass is 9.83. The summed E-state index contributed by atoms with van der Waals surface area (Å²) in [5, 5.41) is 10.3. The minimum absolute atomic E-state index is 0.129. The van der Waals surface area contributed by atoms with Crippen molar-refractivity contribution in [2.45, 2.75) is 65.0 Å².